The molecule has 3 atom stereocenters. The van der Waals surface area contributed by atoms with Crippen molar-refractivity contribution in [1.82, 2.24) is 20.0 Å². The van der Waals surface area contributed by atoms with Crippen molar-refractivity contribution >= 4 is 11.9 Å². The van der Waals surface area contributed by atoms with Crippen LogP contribution in [0.1, 0.15) is 44.1 Å². The highest BCUT2D eigenvalue weighted by Crippen LogP contribution is 2.39. The van der Waals surface area contributed by atoms with Crippen LogP contribution in [0.3, 0.4) is 0 Å². The van der Waals surface area contributed by atoms with Crippen molar-refractivity contribution in [1.29, 1.82) is 0 Å². The third-order valence-electron chi connectivity index (χ3n) is 8.01. The van der Waals surface area contributed by atoms with Gasteiger partial charge in [-0.2, -0.15) is 0 Å². The average Bonchev–Trinajstić information content (AvgIpc) is 2.80. The molecule has 6 heteroatoms. The number of nitrogens with zero attached hydrogens (tertiary/aromatic N) is 3. The number of carbonyl (C=O) groups excluding carboxylic acids is 2. The van der Waals surface area contributed by atoms with Crippen molar-refractivity contribution in [2.45, 2.75) is 57.0 Å². The van der Waals surface area contributed by atoms with Gasteiger partial charge in [0, 0.05) is 57.8 Å². The van der Waals surface area contributed by atoms with Gasteiger partial charge >= 0.3 is 6.03 Å². The number of urea groups is 1. The monoisotopic (exact) mass is 424 g/mol. The molecule has 1 aromatic rings. The van der Waals surface area contributed by atoms with E-state index in [1.54, 1.807) is 0 Å². The van der Waals surface area contributed by atoms with E-state index < -0.39 is 0 Å². The largest absolute Gasteiger partial charge is 0.339 e. The Kier molecular flexibility index (Phi) is 6.17. The molecule has 4 heterocycles. The first kappa shape index (κ1) is 20.8. The predicted molar refractivity (Wildman–Crippen MR) is 121 cm³/mol. The van der Waals surface area contributed by atoms with Crippen LogP contribution in [0.15, 0.2) is 30.3 Å². The molecular weight excluding hydrogens is 388 g/mol. The molecule has 1 aromatic carbocycles. The number of hydrogen-bond acceptors (Lipinski definition) is 3. The van der Waals surface area contributed by atoms with Crippen molar-refractivity contribution in [2.24, 2.45) is 11.8 Å². The minimum atomic E-state index is 0.0845. The Bertz CT molecular complexity index is 777. The van der Waals surface area contributed by atoms with E-state index in [9.17, 15) is 9.59 Å². The van der Waals surface area contributed by atoms with Crippen LogP contribution in [0.25, 0.3) is 0 Å². The van der Waals surface area contributed by atoms with Crippen molar-refractivity contribution < 1.29 is 9.59 Å². The summed E-state index contributed by atoms with van der Waals surface area (Å²) in [6.07, 6.45) is 7.33. The Balaban J connectivity index is 1.08. The molecule has 0 radical (unpaired) electrons. The standard InChI is InChI=1S/C25H36N4O2/c30-24-8-4-7-23-21-15-20(17-29(23)24)16-28(18-21)22-10-13-27(14-11-22)25(31)26-12-9-19-5-2-1-3-6-19/h1-3,5-6,20-23H,4,7-18H2,(H,26,31)/t20?,21?,23-/m1/s1. The number of amides is 3. The van der Waals surface area contributed by atoms with Gasteiger partial charge in [0.15, 0.2) is 0 Å². The summed E-state index contributed by atoms with van der Waals surface area (Å²) in [6, 6.07) is 11.5. The summed E-state index contributed by atoms with van der Waals surface area (Å²) < 4.78 is 0. The second-order valence-corrected chi connectivity index (χ2v) is 10.0. The van der Waals surface area contributed by atoms with E-state index in [1.807, 2.05) is 23.1 Å². The van der Waals surface area contributed by atoms with Crippen LogP contribution in [0.2, 0.25) is 0 Å². The van der Waals surface area contributed by atoms with Crippen LogP contribution in [0.4, 0.5) is 4.79 Å². The molecule has 0 spiro atoms. The summed E-state index contributed by atoms with van der Waals surface area (Å²) in [5, 5.41) is 3.10. The lowest BCUT2D eigenvalue weighted by atomic mass is 9.75. The molecule has 0 aliphatic carbocycles. The second-order valence-electron chi connectivity index (χ2n) is 10.0. The van der Waals surface area contributed by atoms with E-state index in [0.717, 1.165) is 64.8 Å². The fourth-order valence-electron chi connectivity index (χ4n) is 6.45. The van der Waals surface area contributed by atoms with Gasteiger partial charge < -0.3 is 15.1 Å². The quantitative estimate of drug-likeness (QED) is 0.809. The highest BCUT2D eigenvalue weighted by Gasteiger charge is 2.45. The Hall–Kier alpha value is -2.08. The van der Waals surface area contributed by atoms with Crippen LogP contribution in [-0.2, 0) is 11.2 Å². The Morgan fingerprint density at radius 1 is 1.03 bits per heavy atom. The number of fused-ring (bicyclic) bond motifs is 4. The number of carbonyl (C=O) groups is 2. The van der Waals surface area contributed by atoms with Gasteiger partial charge in [0.05, 0.1) is 0 Å². The molecule has 2 bridgehead atoms. The lowest BCUT2D eigenvalue weighted by molar-refractivity contribution is -0.145. The molecule has 3 amide bonds. The summed E-state index contributed by atoms with van der Waals surface area (Å²) in [5.41, 5.74) is 1.26. The number of nitrogens with one attached hydrogen (secondary N) is 1. The van der Waals surface area contributed by atoms with Crippen LogP contribution >= 0.6 is 0 Å². The summed E-state index contributed by atoms with van der Waals surface area (Å²) in [5.74, 6) is 1.68. The minimum absolute atomic E-state index is 0.0845. The third kappa shape index (κ3) is 4.59. The lowest BCUT2D eigenvalue weighted by Crippen LogP contribution is -2.62. The fourth-order valence-corrected chi connectivity index (χ4v) is 6.45. The van der Waals surface area contributed by atoms with Gasteiger partial charge in [0.2, 0.25) is 5.91 Å². The molecule has 6 nitrogen and oxygen atoms in total. The van der Waals surface area contributed by atoms with Crippen molar-refractivity contribution in [3.05, 3.63) is 35.9 Å². The van der Waals surface area contributed by atoms with Gasteiger partial charge in [0.25, 0.3) is 0 Å². The van der Waals surface area contributed by atoms with E-state index >= 15 is 0 Å². The van der Waals surface area contributed by atoms with Gasteiger partial charge in [-0.1, -0.05) is 30.3 Å². The van der Waals surface area contributed by atoms with Gasteiger partial charge in [-0.15, -0.1) is 0 Å². The normalized spacial score (nSPS) is 29.5. The van der Waals surface area contributed by atoms with Gasteiger partial charge in [-0.3, -0.25) is 9.69 Å². The Labute approximate surface area is 185 Å². The van der Waals surface area contributed by atoms with Gasteiger partial charge in [-0.25, -0.2) is 4.79 Å². The molecule has 2 unspecified atom stereocenters. The van der Waals surface area contributed by atoms with E-state index in [2.05, 4.69) is 27.2 Å². The number of likely N-dealkylation sites (tertiary alicyclic amines) is 2. The zero-order valence-corrected chi connectivity index (χ0v) is 18.5. The first-order chi connectivity index (χ1) is 15.2. The Morgan fingerprint density at radius 2 is 1.84 bits per heavy atom. The van der Waals surface area contributed by atoms with E-state index in [-0.39, 0.29) is 6.03 Å². The predicted octanol–water partition coefficient (Wildman–Crippen LogP) is 2.74. The van der Waals surface area contributed by atoms with Crippen molar-refractivity contribution in [3.63, 3.8) is 0 Å². The molecule has 4 saturated heterocycles. The summed E-state index contributed by atoms with van der Waals surface area (Å²) in [4.78, 5) is 31.9. The van der Waals surface area contributed by atoms with Gasteiger partial charge in [-0.05, 0) is 55.9 Å². The SMILES string of the molecule is O=C(NCCc1ccccc1)N1CCC(N2CC3CC(C2)[C@H]2CCCC(=O)N2C3)CC1. The molecule has 5 rings (SSSR count). The number of hydrogen-bond donors (Lipinski definition) is 1. The first-order valence-electron chi connectivity index (χ1n) is 12.3. The minimum Gasteiger partial charge on any atom is -0.339 e. The number of piperidine rings is 4. The van der Waals surface area contributed by atoms with E-state index in [1.165, 1.54) is 18.4 Å². The van der Waals surface area contributed by atoms with E-state index in [0.29, 0.717) is 36.4 Å². The van der Waals surface area contributed by atoms with Crippen molar-refractivity contribution in [3.8, 4) is 0 Å². The molecule has 1 N–H and O–H groups in total. The highest BCUT2D eigenvalue weighted by molar-refractivity contribution is 5.77. The molecule has 168 valence electrons. The zero-order chi connectivity index (χ0) is 21.2. The molecular formula is C25H36N4O2. The highest BCUT2D eigenvalue weighted by atomic mass is 16.2. The summed E-state index contributed by atoms with van der Waals surface area (Å²) in [7, 11) is 0. The number of benzene rings is 1. The maximum atomic E-state index is 12.6. The molecule has 0 saturated carbocycles. The maximum absolute atomic E-state index is 12.6. The fraction of sp³-hybridized carbons (Fsp3) is 0.680. The molecule has 4 fully saturated rings. The maximum Gasteiger partial charge on any atom is 0.317 e. The molecule has 31 heavy (non-hydrogen) atoms. The zero-order valence-electron chi connectivity index (χ0n) is 18.5. The first-order valence-corrected chi connectivity index (χ1v) is 12.3. The smallest absolute Gasteiger partial charge is 0.317 e. The van der Waals surface area contributed by atoms with Gasteiger partial charge in [0.1, 0.15) is 0 Å². The van der Waals surface area contributed by atoms with Crippen LogP contribution in [-0.4, -0.2) is 78.0 Å². The van der Waals surface area contributed by atoms with Crippen LogP contribution < -0.4 is 5.32 Å². The Morgan fingerprint density at radius 3 is 2.65 bits per heavy atom. The third-order valence-corrected chi connectivity index (χ3v) is 8.01. The molecule has 4 aliphatic rings. The topological polar surface area (TPSA) is 55.9 Å². The summed E-state index contributed by atoms with van der Waals surface area (Å²) >= 11 is 0. The average molecular weight is 425 g/mol. The molecule has 4 aliphatic heterocycles. The van der Waals surface area contributed by atoms with Crippen LogP contribution in [0, 0.1) is 11.8 Å². The summed E-state index contributed by atoms with van der Waals surface area (Å²) in [6.45, 7) is 5.62. The van der Waals surface area contributed by atoms with Crippen molar-refractivity contribution in [2.75, 3.05) is 39.3 Å². The molecule has 0 aromatic heterocycles. The number of rotatable bonds is 4. The second kappa shape index (κ2) is 9.19. The van der Waals surface area contributed by atoms with E-state index in [4.69, 9.17) is 0 Å². The van der Waals surface area contributed by atoms with Crippen LogP contribution in [0.5, 0.6) is 0 Å². The lowest BCUT2D eigenvalue weighted by Gasteiger charge is -2.54.